The largest absolute Gasteiger partial charge is 0.494 e. The number of rotatable bonds is 16. The van der Waals surface area contributed by atoms with Crippen LogP contribution in [0.5, 0.6) is 5.75 Å². The van der Waals surface area contributed by atoms with E-state index < -0.39 is 37.4 Å². The van der Waals surface area contributed by atoms with E-state index in [1.807, 2.05) is 54.6 Å². The summed E-state index contributed by atoms with van der Waals surface area (Å²) in [6, 6.07) is 16.1. The van der Waals surface area contributed by atoms with E-state index in [2.05, 4.69) is 12.2 Å². The van der Waals surface area contributed by atoms with Gasteiger partial charge in [0.2, 0.25) is 7.37 Å². The summed E-state index contributed by atoms with van der Waals surface area (Å²) in [7, 11) is -3.57. The normalized spacial score (nSPS) is 13.7. The molecule has 10 heteroatoms. The zero-order valence-corrected chi connectivity index (χ0v) is 24.3. The molecule has 2 aromatic carbocycles. The molecule has 0 saturated carbocycles. The molecule has 0 heterocycles. The minimum absolute atomic E-state index is 0.105. The number of esters is 1. The van der Waals surface area contributed by atoms with E-state index in [1.165, 1.54) is 0 Å². The summed E-state index contributed by atoms with van der Waals surface area (Å²) in [6.45, 7) is 7.96. The predicted octanol–water partition coefficient (Wildman–Crippen LogP) is 5.68. The topological polar surface area (TPSA) is 120 Å². The first-order valence-electron chi connectivity index (χ1n) is 13.3. The maximum Gasteiger partial charge on any atom is 0.407 e. The molecule has 0 fully saturated rings. The molecule has 2 rings (SSSR count). The molecule has 2 aromatic rings. The second-order valence-corrected chi connectivity index (χ2v) is 12.9. The Bertz CT molecular complexity index is 1050. The Balaban J connectivity index is 1.97. The number of carbonyl (C=O) groups is 2. The summed E-state index contributed by atoms with van der Waals surface area (Å²) in [5.41, 5.74) is 1.03. The van der Waals surface area contributed by atoms with Crippen molar-refractivity contribution in [1.29, 1.82) is 0 Å². The van der Waals surface area contributed by atoms with E-state index in [9.17, 15) is 19.3 Å². The highest BCUT2D eigenvalue weighted by molar-refractivity contribution is 7.58. The highest BCUT2D eigenvalue weighted by atomic mass is 31.2. The molecule has 0 radical (unpaired) electrons. The minimum atomic E-state index is -3.57. The number of alkyl carbamates (subject to hydrolysis) is 1. The van der Waals surface area contributed by atoms with Gasteiger partial charge in [-0.2, -0.15) is 0 Å². The standard InChI is InChI=1S/C29H42NO8P/c1-5-6-17-35-26-14-12-23(13-15-26)19-25(30-28(33)38-29(2,3)4)21-37-39(34,22-31)18-16-27(32)36-20-24-10-8-7-9-11-24/h7-15,25,31H,5-6,16-22H2,1-4H3,(H,30,33). The number of benzene rings is 2. The highest BCUT2D eigenvalue weighted by Gasteiger charge is 2.27. The van der Waals surface area contributed by atoms with Gasteiger partial charge in [0.25, 0.3) is 0 Å². The summed E-state index contributed by atoms with van der Waals surface area (Å²) < 4.78 is 35.1. The van der Waals surface area contributed by atoms with Crippen molar-refractivity contribution in [2.45, 2.75) is 71.6 Å². The molecule has 39 heavy (non-hydrogen) atoms. The van der Waals surface area contributed by atoms with Crippen LogP contribution in [0.3, 0.4) is 0 Å². The molecule has 9 nitrogen and oxygen atoms in total. The number of nitrogens with one attached hydrogen (secondary N) is 1. The van der Waals surface area contributed by atoms with E-state index in [4.69, 9.17) is 18.7 Å². The molecule has 0 saturated heterocycles. The second-order valence-electron chi connectivity index (χ2n) is 10.3. The third kappa shape index (κ3) is 13.7. The molecular formula is C29H42NO8P. The van der Waals surface area contributed by atoms with Gasteiger partial charge >= 0.3 is 12.1 Å². The number of carbonyl (C=O) groups excluding carboxylic acids is 2. The van der Waals surface area contributed by atoms with Crippen LogP contribution in [0, 0.1) is 0 Å². The summed E-state index contributed by atoms with van der Waals surface area (Å²) in [6.07, 6.45) is 0.646. The fraction of sp³-hybridized carbons (Fsp3) is 0.517. The van der Waals surface area contributed by atoms with Crippen LogP contribution >= 0.6 is 7.37 Å². The van der Waals surface area contributed by atoms with Crippen molar-refractivity contribution in [2.75, 3.05) is 25.7 Å². The first kappa shape index (κ1) is 32.3. The van der Waals surface area contributed by atoms with Crippen LogP contribution in [0.2, 0.25) is 0 Å². The molecule has 2 atom stereocenters. The number of unbranched alkanes of at least 4 members (excludes halogenated alkanes) is 1. The molecule has 0 spiro atoms. The molecule has 0 aliphatic carbocycles. The van der Waals surface area contributed by atoms with E-state index in [-0.39, 0.29) is 25.8 Å². The van der Waals surface area contributed by atoms with Crippen LogP contribution < -0.4 is 10.1 Å². The maximum atomic E-state index is 13.2. The fourth-order valence-corrected chi connectivity index (χ4v) is 4.77. The van der Waals surface area contributed by atoms with Crippen LogP contribution in [0.25, 0.3) is 0 Å². The SMILES string of the molecule is CCCCOc1ccc(CC(COP(=O)(CO)CCC(=O)OCc2ccccc2)NC(=O)OC(C)(C)C)cc1. The van der Waals surface area contributed by atoms with Gasteiger partial charge in [0, 0.05) is 6.16 Å². The van der Waals surface area contributed by atoms with Crippen molar-refractivity contribution >= 4 is 19.4 Å². The second kappa shape index (κ2) is 16.3. The zero-order valence-electron chi connectivity index (χ0n) is 23.4. The Morgan fingerprint density at radius 1 is 1.03 bits per heavy atom. The van der Waals surface area contributed by atoms with Crippen molar-refractivity contribution in [3.05, 3.63) is 65.7 Å². The van der Waals surface area contributed by atoms with Gasteiger partial charge in [-0.15, -0.1) is 0 Å². The smallest absolute Gasteiger partial charge is 0.407 e. The van der Waals surface area contributed by atoms with Gasteiger partial charge in [0.05, 0.1) is 25.7 Å². The van der Waals surface area contributed by atoms with Gasteiger partial charge in [-0.3, -0.25) is 9.36 Å². The predicted molar refractivity (Wildman–Crippen MR) is 150 cm³/mol. The summed E-state index contributed by atoms with van der Waals surface area (Å²) in [5.74, 6) is 0.213. The quantitative estimate of drug-likeness (QED) is 0.152. The number of hydrogen-bond donors (Lipinski definition) is 2. The van der Waals surface area contributed by atoms with Crippen LogP contribution in [-0.2, 0) is 36.4 Å². The third-order valence-electron chi connectivity index (χ3n) is 5.52. The Morgan fingerprint density at radius 2 is 1.72 bits per heavy atom. The molecular weight excluding hydrogens is 521 g/mol. The molecule has 2 unspecified atom stereocenters. The number of aliphatic hydroxyl groups excluding tert-OH is 1. The fourth-order valence-electron chi connectivity index (χ4n) is 3.44. The van der Waals surface area contributed by atoms with E-state index >= 15 is 0 Å². The summed E-state index contributed by atoms with van der Waals surface area (Å²) in [4.78, 5) is 24.7. The molecule has 0 aliphatic rings. The average molecular weight is 564 g/mol. The van der Waals surface area contributed by atoms with Crippen molar-refractivity contribution in [3.63, 3.8) is 0 Å². The van der Waals surface area contributed by atoms with Crippen molar-refractivity contribution in [2.24, 2.45) is 0 Å². The average Bonchev–Trinajstić information content (AvgIpc) is 2.90. The lowest BCUT2D eigenvalue weighted by Gasteiger charge is -2.25. The highest BCUT2D eigenvalue weighted by Crippen LogP contribution is 2.46. The van der Waals surface area contributed by atoms with E-state index in [1.54, 1.807) is 20.8 Å². The van der Waals surface area contributed by atoms with Crippen molar-refractivity contribution in [3.8, 4) is 5.75 Å². The lowest BCUT2D eigenvalue weighted by atomic mass is 10.1. The van der Waals surface area contributed by atoms with Crippen molar-refractivity contribution < 1.29 is 38.0 Å². The Morgan fingerprint density at radius 3 is 2.33 bits per heavy atom. The Hall–Kier alpha value is -2.87. The van der Waals surface area contributed by atoms with Gasteiger partial charge in [-0.1, -0.05) is 55.8 Å². The Labute approximate surface area is 231 Å². The monoisotopic (exact) mass is 563 g/mol. The van der Waals surface area contributed by atoms with Gasteiger partial charge < -0.3 is 29.2 Å². The van der Waals surface area contributed by atoms with Gasteiger partial charge in [-0.05, 0) is 56.9 Å². The number of hydrogen-bond acceptors (Lipinski definition) is 8. The van der Waals surface area contributed by atoms with Crippen LogP contribution in [0.15, 0.2) is 54.6 Å². The third-order valence-corrected chi connectivity index (χ3v) is 7.47. The first-order valence-corrected chi connectivity index (χ1v) is 15.3. The van der Waals surface area contributed by atoms with Gasteiger partial charge in [0.1, 0.15) is 24.3 Å². The number of aliphatic hydroxyl groups is 1. The first-order chi connectivity index (χ1) is 18.5. The molecule has 1 amide bonds. The van der Waals surface area contributed by atoms with Crippen molar-refractivity contribution in [1.82, 2.24) is 5.32 Å². The molecule has 216 valence electrons. The van der Waals surface area contributed by atoms with E-state index in [0.717, 1.165) is 29.7 Å². The number of amides is 1. The van der Waals surface area contributed by atoms with Crippen LogP contribution in [0.4, 0.5) is 4.79 Å². The van der Waals surface area contributed by atoms with E-state index in [0.29, 0.717) is 13.0 Å². The molecule has 0 bridgehead atoms. The van der Waals surface area contributed by atoms with Gasteiger partial charge in [0.15, 0.2) is 0 Å². The Kier molecular flexibility index (Phi) is 13.5. The van der Waals surface area contributed by atoms with Gasteiger partial charge in [-0.25, -0.2) is 4.79 Å². The molecule has 2 N–H and O–H groups in total. The molecule has 0 aliphatic heterocycles. The lowest BCUT2D eigenvalue weighted by Crippen LogP contribution is -2.42. The summed E-state index contributed by atoms with van der Waals surface area (Å²) >= 11 is 0. The summed E-state index contributed by atoms with van der Waals surface area (Å²) in [5, 5.41) is 12.6. The number of ether oxygens (including phenoxy) is 3. The molecule has 0 aromatic heterocycles. The van der Waals surface area contributed by atoms with Crippen LogP contribution in [-0.4, -0.2) is 54.5 Å². The lowest BCUT2D eigenvalue weighted by molar-refractivity contribution is -0.144. The minimum Gasteiger partial charge on any atom is -0.494 e. The van der Waals surface area contributed by atoms with Crippen LogP contribution in [0.1, 0.15) is 58.1 Å². The zero-order chi connectivity index (χ0) is 28.7. The maximum absolute atomic E-state index is 13.2.